The van der Waals surface area contributed by atoms with Crippen molar-refractivity contribution < 1.29 is 18.8 Å². The van der Waals surface area contributed by atoms with Crippen LogP contribution in [0.2, 0.25) is 0 Å². The molecule has 2 aliphatic heterocycles. The minimum absolute atomic E-state index is 0.0124. The van der Waals surface area contributed by atoms with Crippen molar-refractivity contribution >= 4 is 6.03 Å². The number of hydrogen-bond donors (Lipinski definition) is 1. The predicted octanol–water partition coefficient (Wildman–Crippen LogP) is 4.59. The molecule has 8 heteroatoms. The second-order valence-electron chi connectivity index (χ2n) is 9.60. The van der Waals surface area contributed by atoms with Crippen molar-refractivity contribution in [3.05, 3.63) is 71.4 Å². The average molecular weight is 479 g/mol. The van der Waals surface area contributed by atoms with Crippen LogP contribution in [-0.4, -0.2) is 63.4 Å². The molecule has 0 aliphatic carbocycles. The summed E-state index contributed by atoms with van der Waals surface area (Å²) >= 11 is 0. The molecule has 3 heterocycles. The van der Waals surface area contributed by atoms with Gasteiger partial charge in [0.1, 0.15) is 5.82 Å². The molecule has 2 aromatic carbocycles. The molecule has 184 valence electrons. The van der Waals surface area contributed by atoms with Crippen LogP contribution in [0, 0.1) is 5.82 Å². The van der Waals surface area contributed by atoms with E-state index in [0.29, 0.717) is 56.3 Å². The van der Waals surface area contributed by atoms with Gasteiger partial charge in [0, 0.05) is 37.7 Å². The van der Waals surface area contributed by atoms with Crippen LogP contribution in [0.4, 0.5) is 9.18 Å². The highest BCUT2D eigenvalue weighted by atomic mass is 19.1. The lowest BCUT2D eigenvalue weighted by Crippen LogP contribution is -2.51. The molecule has 0 radical (unpaired) electrons. The van der Waals surface area contributed by atoms with Crippen LogP contribution in [-0.2, 0) is 6.42 Å². The number of amides is 2. The molecular weight excluding hydrogens is 447 g/mol. The molecule has 0 bridgehead atoms. The van der Waals surface area contributed by atoms with Crippen LogP contribution in [0.1, 0.15) is 55.0 Å². The van der Waals surface area contributed by atoms with Gasteiger partial charge in [-0.15, -0.1) is 0 Å². The molecule has 2 unspecified atom stereocenters. The lowest BCUT2D eigenvalue weighted by atomic mass is 9.84. The summed E-state index contributed by atoms with van der Waals surface area (Å²) in [5.41, 5.74) is 3.02. The van der Waals surface area contributed by atoms with E-state index in [4.69, 9.17) is 4.52 Å². The zero-order chi connectivity index (χ0) is 24.4. The third-order valence-corrected chi connectivity index (χ3v) is 7.19. The number of aryl methyl sites for hydroxylation is 1. The van der Waals surface area contributed by atoms with Crippen LogP contribution < -0.4 is 0 Å². The number of rotatable bonds is 4. The number of aliphatic hydroxyl groups is 1. The second-order valence-corrected chi connectivity index (χ2v) is 9.60. The van der Waals surface area contributed by atoms with Gasteiger partial charge in [-0.25, -0.2) is 9.18 Å². The Balaban J connectivity index is 1.40. The Kier molecular flexibility index (Phi) is 6.81. The Bertz CT molecular complexity index is 1160. The third kappa shape index (κ3) is 5.22. The molecule has 7 nitrogen and oxygen atoms in total. The third-order valence-electron chi connectivity index (χ3n) is 7.19. The van der Waals surface area contributed by atoms with Gasteiger partial charge in [-0.2, -0.15) is 4.98 Å². The normalized spacial score (nSPS) is 21.3. The first kappa shape index (κ1) is 23.5. The highest BCUT2D eigenvalue weighted by molar-refractivity contribution is 5.75. The minimum atomic E-state index is -0.356. The lowest BCUT2D eigenvalue weighted by Gasteiger charge is -2.40. The first-order chi connectivity index (χ1) is 17.0. The summed E-state index contributed by atoms with van der Waals surface area (Å²) in [6.45, 7) is 4.34. The van der Waals surface area contributed by atoms with Crippen molar-refractivity contribution in [2.75, 3.05) is 26.2 Å². The number of halogens is 1. The summed E-state index contributed by atoms with van der Waals surface area (Å²) < 4.78 is 19.3. The topological polar surface area (TPSA) is 82.7 Å². The Hall–Kier alpha value is -3.26. The fourth-order valence-corrected chi connectivity index (χ4v) is 5.10. The van der Waals surface area contributed by atoms with Crippen molar-refractivity contribution in [2.45, 2.75) is 50.5 Å². The molecule has 0 spiro atoms. The van der Waals surface area contributed by atoms with Gasteiger partial charge in [0.2, 0.25) is 11.7 Å². The van der Waals surface area contributed by atoms with Gasteiger partial charge in [0.25, 0.3) is 0 Å². The monoisotopic (exact) mass is 478 g/mol. The van der Waals surface area contributed by atoms with E-state index in [9.17, 15) is 14.3 Å². The molecule has 0 saturated carbocycles. The fraction of sp³-hybridized carbons (Fsp3) is 0.444. The van der Waals surface area contributed by atoms with Crippen LogP contribution in [0.3, 0.4) is 0 Å². The van der Waals surface area contributed by atoms with Crippen LogP contribution in [0.25, 0.3) is 11.4 Å². The molecular formula is C27H31FN4O3. The summed E-state index contributed by atoms with van der Waals surface area (Å²) in [4.78, 5) is 21.7. The molecule has 2 amide bonds. The van der Waals surface area contributed by atoms with Crippen LogP contribution >= 0.6 is 0 Å². The van der Waals surface area contributed by atoms with Crippen molar-refractivity contribution in [1.29, 1.82) is 0 Å². The number of carbonyl (C=O) groups is 1. The summed E-state index contributed by atoms with van der Waals surface area (Å²) in [6.07, 6.45) is 2.62. The largest absolute Gasteiger partial charge is 0.393 e. The maximum atomic E-state index is 13.7. The van der Waals surface area contributed by atoms with Crippen molar-refractivity contribution in [1.82, 2.24) is 19.9 Å². The zero-order valence-electron chi connectivity index (χ0n) is 19.9. The number of piperidine rings is 2. The molecule has 5 rings (SSSR count). The van der Waals surface area contributed by atoms with E-state index in [1.165, 1.54) is 23.3 Å². The van der Waals surface area contributed by atoms with Gasteiger partial charge in [0.05, 0.1) is 12.0 Å². The smallest absolute Gasteiger partial charge is 0.320 e. The van der Waals surface area contributed by atoms with Crippen LogP contribution in [0.5, 0.6) is 0 Å². The molecule has 2 saturated heterocycles. The fourth-order valence-electron chi connectivity index (χ4n) is 5.10. The molecule has 3 aromatic rings. The number of aromatic nitrogens is 2. The Morgan fingerprint density at radius 1 is 1.09 bits per heavy atom. The van der Waals surface area contributed by atoms with Gasteiger partial charge in [-0.05, 0) is 48.9 Å². The summed E-state index contributed by atoms with van der Waals surface area (Å²) in [6, 6.07) is 14.7. The lowest BCUT2D eigenvalue weighted by molar-refractivity contribution is 0.0744. The average Bonchev–Trinajstić information content (AvgIpc) is 3.39. The maximum Gasteiger partial charge on any atom is 0.320 e. The Labute approximate surface area is 204 Å². The molecule has 35 heavy (non-hydrogen) atoms. The second kappa shape index (κ2) is 10.2. The number of benzene rings is 2. The molecule has 2 atom stereocenters. The summed E-state index contributed by atoms with van der Waals surface area (Å²) in [5.74, 6) is 0.450. The zero-order valence-corrected chi connectivity index (χ0v) is 19.9. The van der Waals surface area contributed by atoms with Gasteiger partial charge in [-0.3, -0.25) is 0 Å². The van der Waals surface area contributed by atoms with E-state index in [2.05, 4.69) is 41.3 Å². The number of nitrogens with zero attached hydrogens (tertiary/aromatic N) is 4. The first-order valence-corrected chi connectivity index (χ1v) is 12.4. The number of hydrogen-bond acceptors (Lipinski definition) is 5. The molecule has 1 aromatic heterocycles. The van der Waals surface area contributed by atoms with E-state index in [1.54, 1.807) is 12.1 Å². The van der Waals surface area contributed by atoms with Crippen LogP contribution in [0.15, 0.2) is 53.1 Å². The van der Waals surface area contributed by atoms with Gasteiger partial charge in [-0.1, -0.05) is 48.5 Å². The Morgan fingerprint density at radius 3 is 2.54 bits per heavy atom. The Morgan fingerprint density at radius 2 is 1.83 bits per heavy atom. The summed E-state index contributed by atoms with van der Waals surface area (Å²) in [7, 11) is 0. The minimum Gasteiger partial charge on any atom is -0.393 e. The number of likely N-dealkylation sites (tertiary alicyclic amines) is 2. The first-order valence-electron chi connectivity index (χ1n) is 12.4. The predicted molar refractivity (Wildman–Crippen MR) is 129 cm³/mol. The van der Waals surface area contributed by atoms with E-state index in [-0.39, 0.29) is 29.8 Å². The molecule has 2 aliphatic rings. The SMILES string of the molecule is CCc1ccc(C2CC(c3nc(-c4cccc(F)c4)no3)CN(C(=O)N3CCC(O)CC3)C2)cc1. The van der Waals surface area contributed by atoms with Gasteiger partial charge >= 0.3 is 6.03 Å². The standard InChI is InChI=1S/C27H31FN4O3/c1-2-18-6-8-19(9-7-18)21-14-22(17-32(16-21)27(34)31-12-10-24(33)11-13-31)26-29-25(30-35-26)20-4-3-5-23(28)15-20/h3-9,15,21-22,24,33H,2,10-14,16-17H2,1H3. The van der Waals surface area contributed by atoms with Gasteiger partial charge in [0.15, 0.2) is 0 Å². The van der Waals surface area contributed by atoms with Crippen molar-refractivity contribution in [3.63, 3.8) is 0 Å². The van der Waals surface area contributed by atoms with E-state index >= 15 is 0 Å². The molecule has 1 N–H and O–H groups in total. The number of aliphatic hydroxyl groups excluding tert-OH is 1. The quantitative estimate of drug-likeness (QED) is 0.593. The van der Waals surface area contributed by atoms with Crippen molar-refractivity contribution in [2.24, 2.45) is 0 Å². The maximum absolute atomic E-state index is 13.7. The summed E-state index contributed by atoms with van der Waals surface area (Å²) in [5, 5.41) is 14.0. The number of carbonyl (C=O) groups excluding carboxylic acids is 1. The number of urea groups is 1. The van der Waals surface area contributed by atoms with Crippen molar-refractivity contribution in [3.8, 4) is 11.4 Å². The highest BCUT2D eigenvalue weighted by Crippen LogP contribution is 2.36. The van der Waals surface area contributed by atoms with Gasteiger partial charge < -0.3 is 19.4 Å². The van der Waals surface area contributed by atoms with E-state index in [0.717, 1.165) is 12.8 Å². The highest BCUT2D eigenvalue weighted by Gasteiger charge is 2.37. The van der Waals surface area contributed by atoms with E-state index < -0.39 is 0 Å². The molecule has 2 fully saturated rings. The van der Waals surface area contributed by atoms with E-state index in [1.807, 2.05) is 9.80 Å².